The molecule has 0 saturated carbocycles. The van der Waals surface area contributed by atoms with Crippen LogP contribution in [-0.2, 0) is 25.1 Å². The molecule has 0 radical (unpaired) electrons. The first kappa shape index (κ1) is 31.1. The maximum Gasteiger partial charge on any atom is 0.513 e. The Morgan fingerprint density at radius 3 is 1.89 bits per heavy atom. The first-order chi connectivity index (χ1) is 18.1. The van der Waals surface area contributed by atoms with Crippen molar-refractivity contribution in [2.45, 2.75) is 91.2 Å². The third-order valence-corrected chi connectivity index (χ3v) is 6.08. The van der Waals surface area contributed by atoms with Gasteiger partial charge in [0.1, 0.15) is 17.4 Å². The minimum Gasteiger partial charge on any atom is -0.434 e. The topological polar surface area (TPSA) is 83.1 Å². The van der Waals surface area contributed by atoms with E-state index in [1.807, 2.05) is 0 Å². The average molecular weight is 542 g/mol. The molecule has 1 atom stereocenters. The van der Waals surface area contributed by atoms with Crippen LogP contribution in [0.3, 0.4) is 0 Å². The van der Waals surface area contributed by atoms with Crippen LogP contribution in [0, 0.1) is 0 Å². The monoisotopic (exact) mass is 541 g/mol. The molecule has 1 unspecified atom stereocenters. The molecule has 0 spiro atoms. The summed E-state index contributed by atoms with van der Waals surface area (Å²) < 4.78 is 62.6. The third-order valence-electron chi connectivity index (χ3n) is 6.08. The zero-order valence-corrected chi connectivity index (χ0v) is 22.5. The number of nitrogens with one attached hydrogen (secondary N) is 1. The molecule has 0 bridgehead atoms. The van der Waals surface area contributed by atoms with Crippen LogP contribution in [0.5, 0.6) is 0 Å². The minimum absolute atomic E-state index is 0.00564. The van der Waals surface area contributed by atoms with E-state index in [1.165, 1.54) is 43.9 Å². The number of halogens is 3. The summed E-state index contributed by atoms with van der Waals surface area (Å²) in [7, 11) is 0. The number of hydrogen-bond donors (Lipinski definition) is 1. The molecule has 0 saturated heterocycles. The largest absolute Gasteiger partial charge is 0.513 e. The van der Waals surface area contributed by atoms with Crippen LogP contribution in [0.1, 0.15) is 96.1 Å². The molecule has 1 N–H and O–H groups in total. The number of alkyl halides is 3. The highest BCUT2D eigenvalue weighted by Crippen LogP contribution is 2.44. The van der Waals surface area contributed by atoms with Crippen LogP contribution >= 0.6 is 0 Å². The van der Waals surface area contributed by atoms with E-state index in [0.29, 0.717) is 6.42 Å². The van der Waals surface area contributed by atoms with Gasteiger partial charge in [-0.2, -0.15) is 13.2 Å². The molecule has 1 aromatic rings. The number of unbranched alkanes of at least 4 members (excludes halogenated alkanes) is 7. The quantitative estimate of drug-likeness (QED) is 0.199. The summed E-state index contributed by atoms with van der Waals surface area (Å²) in [6.45, 7) is 6.96. The number of allylic oxidation sites excluding steroid dienone is 2. The van der Waals surface area contributed by atoms with Gasteiger partial charge in [-0.3, -0.25) is 0 Å². The SMILES string of the molecule is CCCCCCCCCCOC(=O)OC1=C(C)NC(C)=C(OC(=O)OCC)C1c1ccccc1C(F)(F)F. The number of dihydropyridines is 1. The average Bonchev–Trinajstić information content (AvgIpc) is 2.85. The molecule has 0 aromatic heterocycles. The van der Waals surface area contributed by atoms with Gasteiger partial charge in [0.15, 0.2) is 0 Å². The van der Waals surface area contributed by atoms with Crippen molar-refractivity contribution in [3.63, 3.8) is 0 Å². The van der Waals surface area contributed by atoms with Crippen LogP contribution in [0.15, 0.2) is 47.2 Å². The van der Waals surface area contributed by atoms with Gasteiger partial charge >= 0.3 is 18.5 Å². The fourth-order valence-corrected chi connectivity index (χ4v) is 4.26. The Labute approximate surface area is 222 Å². The predicted molar refractivity (Wildman–Crippen MR) is 136 cm³/mol. The number of rotatable bonds is 13. The van der Waals surface area contributed by atoms with Crippen molar-refractivity contribution >= 4 is 12.3 Å². The smallest absolute Gasteiger partial charge is 0.434 e. The van der Waals surface area contributed by atoms with Gasteiger partial charge in [-0.05, 0) is 38.8 Å². The van der Waals surface area contributed by atoms with Crippen LogP contribution in [0.4, 0.5) is 22.8 Å². The summed E-state index contributed by atoms with van der Waals surface area (Å²) in [4.78, 5) is 24.7. The fraction of sp³-hybridized carbons (Fsp3) is 0.571. The van der Waals surface area contributed by atoms with E-state index >= 15 is 0 Å². The molecule has 0 aliphatic carbocycles. The number of ether oxygens (including phenoxy) is 4. The molecule has 38 heavy (non-hydrogen) atoms. The highest BCUT2D eigenvalue weighted by molar-refractivity contribution is 5.65. The summed E-state index contributed by atoms with van der Waals surface area (Å²) in [5.74, 6) is -1.68. The van der Waals surface area contributed by atoms with Gasteiger partial charge < -0.3 is 24.3 Å². The summed E-state index contributed by atoms with van der Waals surface area (Å²) in [5.41, 5.74) is -0.641. The molecule has 0 fully saturated rings. The van der Waals surface area contributed by atoms with Gasteiger partial charge in [0.05, 0.1) is 30.2 Å². The van der Waals surface area contributed by atoms with E-state index in [0.717, 1.165) is 25.3 Å². The zero-order valence-electron chi connectivity index (χ0n) is 22.5. The van der Waals surface area contributed by atoms with Gasteiger partial charge in [0.25, 0.3) is 0 Å². The lowest BCUT2D eigenvalue weighted by atomic mass is 9.87. The van der Waals surface area contributed by atoms with Gasteiger partial charge in [0, 0.05) is 0 Å². The molecule has 1 aromatic carbocycles. The van der Waals surface area contributed by atoms with E-state index in [-0.39, 0.29) is 41.7 Å². The Morgan fingerprint density at radius 1 is 0.816 bits per heavy atom. The van der Waals surface area contributed by atoms with Crippen LogP contribution in [0.25, 0.3) is 0 Å². The van der Waals surface area contributed by atoms with Crippen LogP contribution < -0.4 is 5.32 Å². The summed E-state index contributed by atoms with van der Waals surface area (Å²) >= 11 is 0. The Morgan fingerprint density at radius 2 is 1.34 bits per heavy atom. The highest BCUT2D eigenvalue weighted by atomic mass is 19.4. The van der Waals surface area contributed by atoms with Gasteiger partial charge in [0.2, 0.25) is 0 Å². The second-order valence-electron chi connectivity index (χ2n) is 9.08. The van der Waals surface area contributed by atoms with E-state index in [4.69, 9.17) is 18.9 Å². The van der Waals surface area contributed by atoms with Gasteiger partial charge in [-0.15, -0.1) is 0 Å². The summed E-state index contributed by atoms with van der Waals surface area (Å²) in [6, 6.07) is 4.85. The van der Waals surface area contributed by atoms with Crippen LogP contribution in [-0.4, -0.2) is 25.5 Å². The molecular weight excluding hydrogens is 503 g/mol. The normalized spacial score (nSPS) is 15.7. The van der Waals surface area contributed by atoms with Crippen molar-refractivity contribution in [2.24, 2.45) is 0 Å². The number of hydrogen-bond acceptors (Lipinski definition) is 7. The molecule has 7 nitrogen and oxygen atoms in total. The molecule has 1 aliphatic heterocycles. The van der Waals surface area contributed by atoms with Crippen molar-refractivity contribution in [1.82, 2.24) is 5.32 Å². The fourth-order valence-electron chi connectivity index (χ4n) is 4.26. The molecule has 2 rings (SSSR count). The third kappa shape index (κ3) is 9.29. The van der Waals surface area contributed by atoms with Crippen molar-refractivity contribution < 1.29 is 41.7 Å². The number of carbonyl (C=O) groups is 2. The van der Waals surface area contributed by atoms with E-state index in [2.05, 4.69) is 12.2 Å². The Kier molecular flexibility index (Phi) is 12.5. The van der Waals surface area contributed by atoms with Crippen molar-refractivity contribution in [3.8, 4) is 0 Å². The lowest BCUT2D eigenvalue weighted by molar-refractivity contribution is -0.138. The number of benzene rings is 1. The molecule has 10 heteroatoms. The van der Waals surface area contributed by atoms with Crippen LogP contribution in [0.2, 0.25) is 0 Å². The Bertz CT molecular complexity index is 1000. The molecule has 212 valence electrons. The first-order valence-corrected chi connectivity index (χ1v) is 13.1. The maximum atomic E-state index is 13.9. The Hall–Kier alpha value is -3.17. The summed E-state index contributed by atoms with van der Waals surface area (Å²) in [5, 5.41) is 2.91. The lowest BCUT2D eigenvalue weighted by Gasteiger charge is -2.31. The minimum atomic E-state index is -4.71. The number of carbonyl (C=O) groups excluding carboxylic acids is 2. The first-order valence-electron chi connectivity index (χ1n) is 13.1. The predicted octanol–water partition coefficient (Wildman–Crippen LogP) is 8.32. The van der Waals surface area contributed by atoms with Crippen molar-refractivity contribution in [3.05, 3.63) is 58.3 Å². The Balaban J connectivity index is 2.20. The van der Waals surface area contributed by atoms with Crippen molar-refractivity contribution in [1.29, 1.82) is 0 Å². The second kappa shape index (κ2) is 15.3. The maximum absolute atomic E-state index is 13.9. The molecule has 1 aliphatic rings. The lowest BCUT2D eigenvalue weighted by Crippen LogP contribution is -2.30. The second-order valence-corrected chi connectivity index (χ2v) is 9.08. The van der Waals surface area contributed by atoms with E-state index < -0.39 is 30.0 Å². The van der Waals surface area contributed by atoms with Gasteiger partial charge in [-0.25, -0.2) is 9.59 Å². The van der Waals surface area contributed by atoms with E-state index in [1.54, 1.807) is 20.8 Å². The van der Waals surface area contributed by atoms with Crippen molar-refractivity contribution in [2.75, 3.05) is 13.2 Å². The molecule has 0 amide bonds. The molecule has 1 heterocycles. The van der Waals surface area contributed by atoms with E-state index in [9.17, 15) is 22.8 Å². The highest BCUT2D eigenvalue weighted by Gasteiger charge is 2.42. The standard InChI is InChI=1S/C28H38F3NO6/c1-5-7-8-9-10-11-12-15-18-36-27(34)38-25-20(4)32-19(3)24(37-26(33)35-6-2)23(25)21-16-13-14-17-22(21)28(29,30)31/h13-14,16-17,23,32H,5-12,15,18H2,1-4H3. The zero-order chi connectivity index (χ0) is 28.1. The van der Waals surface area contributed by atoms with Gasteiger partial charge in [-0.1, -0.05) is 70.1 Å². The summed E-state index contributed by atoms with van der Waals surface area (Å²) in [6.07, 6.45) is 1.67. The molecular formula is C28H38F3NO6.